The fourth-order valence-electron chi connectivity index (χ4n) is 5.73. The number of aryl methyl sites for hydroxylation is 1. The molecular weight excluding hydrogens is 749 g/mol. The number of halogens is 1. The van der Waals surface area contributed by atoms with Crippen LogP contribution in [0.15, 0.2) is 48.9 Å². The van der Waals surface area contributed by atoms with Crippen molar-refractivity contribution in [2.45, 2.75) is 72.6 Å². The number of carbonyl (C=O) groups is 2. The van der Waals surface area contributed by atoms with Crippen LogP contribution < -0.4 is 10.2 Å². The van der Waals surface area contributed by atoms with E-state index in [1.54, 1.807) is 4.90 Å². The molecule has 1 aliphatic rings. The lowest BCUT2D eigenvalue weighted by molar-refractivity contribution is 0.0240. The summed E-state index contributed by atoms with van der Waals surface area (Å²) in [5, 5.41) is 19.8. The second kappa shape index (κ2) is 13.6. The van der Waals surface area contributed by atoms with Crippen LogP contribution in [0.4, 0.5) is 10.6 Å². The van der Waals surface area contributed by atoms with Crippen LogP contribution >= 0.6 is 22.6 Å². The van der Waals surface area contributed by atoms with Crippen LogP contribution in [0, 0.1) is 10.5 Å². The smallest absolute Gasteiger partial charge is 0.410 e. The molecule has 1 saturated heterocycles. The number of rotatable bonds is 6. The van der Waals surface area contributed by atoms with Crippen LogP contribution in [-0.4, -0.2) is 88.5 Å². The highest BCUT2D eigenvalue weighted by molar-refractivity contribution is 14.1. The van der Waals surface area contributed by atoms with E-state index in [0.29, 0.717) is 26.2 Å². The average molecular weight is 792 g/mol. The predicted molar refractivity (Wildman–Crippen MR) is 198 cm³/mol. The summed E-state index contributed by atoms with van der Waals surface area (Å²) in [6, 6.07) is 9.83. The van der Waals surface area contributed by atoms with E-state index in [1.807, 2.05) is 103 Å². The average Bonchev–Trinajstić information content (AvgIpc) is 3.72. The number of benzene rings is 1. The Labute approximate surface area is 304 Å². The monoisotopic (exact) mass is 791 g/mol. The van der Waals surface area contributed by atoms with E-state index in [1.165, 1.54) is 4.80 Å². The first-order valence-corrected chi connectivity index (χ1v) is 17.6. The van der Waals surface area contributed by atoms with Crippen LogP contribution in [0.3, 0.4) is 0 Å². The molecule has 4 aromatic heterocycles. The zero-order valence-electron chi connectivity index (χ0n) is 29.6. The maximum absolute atomic E-state index is 12.9. The third-order valence-corrected chi connectivity index (χ3v) is 9.11. The molecule has 1 aliphatic heterocycles. The quantitative estimate of drug-likeness (QED) is 0.214. The first kappa shape index (κ1) is 35.2. The van der Waals surface area contributed by atoms with E-state index in [-0.39, 0.29) is 29.4 Å². The van der Waals surface area contributed by atoms with Gasteiger partial charge in [-0.15, -0.1) is 10.2 Å². The zero-order chi connectivity index (χ0) is 36.0. The van der Waals surface area contributed by atoms with Gasteiger partial charge in [0.25, 0.3) is 11.7 Å². The number of carbonyl (C=O) groups excluding carboxylic acids is 2. The molecule has 0 aliphatic carbocycles. The summed E-state index contributed by atoms with van der Waals surface area (Å²) in [4.78, 5) is 40.7. The minimum Gasteiger partial charge on any atom is -0.444 e. The molecule has 50 heavy (non-hydrogen) atoms. The first-order valence-electron chi connectivity index (χ1n) is 16.5. The molecule has 0 spiro atoms. The summed E-state index contributed by atoms with van der Waals surface area (Å²) < 4.78 is 8.37. The maximum Gasteiger partial charge on any atom is 0.410 e. The van der Waals surface area contributed by atoms with Crippen molar-refractivity contribution in [2.24, 2.45) is 0 Å². The van der Waals surface area contributed by atoms with Gasteiger partial charge in [-0.3, -0.25) is 4.79 Å². The van der Waals surface area contributed by atoms with Crippen molar-refractivity contribution in [1.29, 1.82) is 0 Å². The van der Waals surface area contributed by atoms with Gasteiger partial charge in [0.2, 0.25) is 0 Å². The number of tetrazole rings is 1. The lowest BCUT2D eigenvalue weighted by Gasteiger charge is -2.36. The molecule has 6 rings (SSSR count). The van der Waals surface area contributed by atoms with Crippen molar-refractivity contribution in [1.82, 2.24) is 50.0 Å². The topological polar surface area (TPSA) is 149 Å². The van der Waals surface area contributed by atoms with Gasteiger partial charge in [0, 0.05) is 43.5 Å². The van der Waals surface area contributed by atoms with Crippen LogP contribution in [0.1, 0.15) is 76.3 Å². The number of piperazine rings is 1. The Morgan fingerprint density at radius 3 is 2.32 bits per heavy atom. The third kappa shape index (κ3) is 7.56. The van der Waals surface area contributed by atoms with Gasteiger partial charge in [-0.2, -0.15) is 9.90 Å². The molecule has 0 saturated carbocycles. The van der Waals surface area contributed by atoms with Crippen molar-refractivity contribution in [2.75, 3.05) is 31.1 Å². The Hall–Kier alpha value is -4.67. The third-order valence-electron chi connectivity index (χ3n) is 8.32. The van der Waals surface area contributed by atoms with Crippen LogP contribution in [0.25, 0.3) is 28.0 Å². The number of fused-ring (bicyclic) bond motifs is 1. The van der Waals surface area contributed by atoms with Crippen molar-refractivity contribution in [3.05, 3.63) is 69.4 Å². The molecule has 0 bridgehead atoms. The molecule has 1 aromatic carbocycles. The van der Waals surface area contributed by atoms with E-state index in [9.17, 15) is 9.59 Å². The van der Waals surface area contributed by atoms with Gasteiger partial charge in [0.1, 0.15) is 16.9 Å². The fraction of sp³-hybridized carbons (Fsp3) is 0.429. The molecule has 1 N–H and O–H groups in total. The SMILES string of the molecule is Cc1cc(-c2nc(-c3ccc(N4CCN(C(=O)OC(C)(C)C)CC4)nc3)cn3ncc(I)c23)ccc1[C@@H](C)NC(=O)c1nnn(C(C)(C)C)n1. The minimum atomic E-state index is -0.522. The first-order chi connectivity index (χ1) is 23.6. The summed E-state index contributed by atoms with van der Waals surface area (Å²) >= 11 is 2.28. The number of ether oxygens (including phenoxy) is 1. The van der Waals surface area contributed by atoms with Crippen molar-refractivity contribution < 1.29 is 14.3 Å². The van der Waals surface area contributed by atoms with E-state index in [0.717, 1.165) is 48.5 Å². The van der Waals surface area contributed by atoms with Crippen LogP contribution in [0.2, 0.25) is 0 Å². The standard InChI is InChI=1S/C35H42IN11O3/c1-21-17-23(9-11-25(21)22(2)39-32(48)31-41-43-47(42-31)34(3,4)5)29-30-26(36)19-38-46(30)20-27(40-29)24-10-12-28(37-18-24)44-13-15-45(16-14-44)33(49)50-35(6,7)8/h9-12,17-20,22H,13-16H2,1-8H3,(H,39,48)/t22-/m1/s1. The van der Waals surface area contributed by atoms with Crippen molar-refractivity contribution in [3.8, 4) is 22.5 Å². The number of nitrogens with one attached hydrogen (secondary N) is 1. The summed E-state index contributed by atoms with van der Waals surface area (Å²) in [5.41, 5.74) is 5.28. The second-order valence-electron chi connectivity index (χ2n) is 14.5. The van der Waals surface area contributed by atoms with Crippen molar-refractivity contribution in [3.63, 3.8) is 0 Å². The van der Waals surface area contributed by atoms with E-state index >= 15 is 0 Å². The molecule has 15 heteroatoms. The second-order valence-corrected chi connectivity index (χ2v) is 15.6. The Morgan fingerprint density at radius 1 is 0.980 bits per heavy atom. The van der Waals surface area contributed by atoms with Gasteiger partial charge >= 0.3 is 6.09 Å². The molecule has 2 amide bonds. The number of anilines is 1. The lowest BCUT2D eigenvalue weighted by Crippen LogP contribution is -2.50. The number of amides is 2. The summed E-state index contributed by atoms with van der Waals surface area (Å²) in [7, 11) is 0. The molecule has 5 heterocycles. The largest absolute Gasteiger partial charge is 0.444 e. The maximum atomic E-state index is 12.9. The lowest BCUT2D eigenvalue weighted by atomic mass is 9.98. The van der Waals surface area contributed by atoms with Gasteiger partial charge in [0.15, 0.2) is 0 Å². The minimum absolute atomic E-state index is 0.0306. The van der Waals surface area contributed by atoms with Gasteiger partial charge in [-0.05, 0) is 113 Å². The number of pyridine rings is 1. The molecule has 0 unspecified atom stereocenters. The number of nitrogens with zero attached hydrogens (tertiary/aromatic N) is 10. The normalized spacial score (nSPS) is 14.6. The summed E-state index contributed by atoms with van der Waals surface area (Å²) in [5.74, 6) is 0.488. The molecule has 1 fully saturated rings. The zero-order valence-corrected chi connectivity index (χ0v) is 31.8. The highest BCUT2D eigenvalue weighted by Gasteiger charge is 2.27. The van der Waals surface area contributed by atoms with Crippen molar-refractivity contribution >= 4 is 45.9 Å². The molecule has 14 nitrogen and oxygen atoms in total. The van der Waals surface area contributed by atoms with Crippen LogP contribution in [-0.2, 0) is 10.3 Å². The van der Waals surface area contributed by atoms with Gasteiger partial charge in [-0.1, -0.05) is 12.1 Å². The summed E-state index contributed by atoms with van der Waals surface area (Å²) in [6.45, 7) is 17.9. The Balaban J connectivity index is 1.20. The van der Waals surface area contributed by atoms with Crippen LogP contribution in [0.5, 0.6) is 0 Å². The Kier molecular flexibility index (Phi) is 9.54. The number of aromatic nitrogens is 8. The van der Waals surface area contributed by atoms with E-state index in [4.69, 9.17) is 14.7 Å². The highest BCUT2D eigenvalue weighted by atomic mass is 127. The molecule has 5 aromatic rings. The highest BCUT2D eigenvalue weighted by Crippen LogP contribution is 2.32. The Morgan fingerprint density at radius 2 is 1.70 bits per heavy atom. The van der Waals surface area contributed by atoms with Gasteiger partial charge in [-0.25, -0.2) is 19.3 Å². The van der Waals surface area contributed by atoms with Gasteiger partial charge < -0.3 is 19.9 Å². The Bertz CT molecular complexity index is 2040. The summed E-state index contributed by atoms with van der Waals surface area (Å²) in [6.07, 6.45) is 5.29. The fourth-order valence-corrected chi connectivity index (χ4v) is 6.35. The number of hydrogen-bond acceptors (Lipinski definition) is 10. The number of hydrogen-bond donors (Lipinski definition) is 1. The molecule has 0 radical (unpaired) electrons. The van der Waals surface area contributed by atoms with E-state index < -0.39 is 5.60 Å². The van der Waals surface area contributed by atoms with E-state index in [2.05, 4.69) is 59.4 Å². The predicted octanol–water partition coefficient (Wildman–Crippen LogP) is 5.66. The molecular formula is C35H42IN11O3. The van der Waals surface area contributed by atoms with Gasteiger partial charge in [0.05, 0.1) is 38.9 Å². The molecule has 1 atom stereocenters. The molecule has 262 valence electrons.